The monoisotopic (exact) mass is 249 g/mol. The van der Waals surface area contributed by atoms with Gasteiger partial charge in [-0.2, -0.15) is 0 Å². The fourth-order valence-electron chi connectivity index (χ4n) is 2.05. The summed E-state index contributed by atoms with van der Waals surface area (Å²) in [6, 6.07) is 4.33. The minimum Gasteiger partial charge on any atom is -0.496 e. The molecule has 0 saturated carbocycles. The van der Waals surface area contributed by atoms with Crippen molar-refractivity contribution >= 4 is 5.78 Å². The maximum absolute atomic E-state index is 12.2. The van der Waals surface area contributed by atoms with Gasteiger partial charge in [-0.1, -0.05) is 19.9 Å². The molecule has 1 aromatic carbocycles. The first-order valence-corrected chi connectivity index (χ1v) is 6.37. The van der Waals surface area contributed by atoms with Gasteiger partial charge >= 0.3 is 0 Å². The molecule has 18 heavy (non-hydrogen) atoms. The Morgan fingerprint density at radius 2 is 2.00 bits per heavy atom. The van der Waals surface area contributed by atoms with E-state index in [-0.39, 0.29) is 5.78 Å². The molecule has 0 unspecified atom stereocenters. The quantitative estimate of drug-likeness (QED) is 0.788. The molecule has 0 atom stereocenters. The van der Waals surface area contributed by atoms with Crippen molar-refractivity contribution in [3.63, 3.8) is 0 Å². The molecule has 0 fully saturated rings. The van der Waals surface area contributed by atoms with Crippen LogP contribution >= 0.6 is 0 Å². The smallest absolute Gasteiger partial charge is 0.168 e. The van der Waals surface area contributed by atoms with Crippen molar-refractivity contribution in [1.82, 2.24) is 5.32 Å². The lowest BCUT2D eigenvalue weighted by Gasteiger charge is -2.13. The summed E-state index contributed by atoms with van der Waals surface area (Å²) in [6.07, 6.45) is 0.498. The summed E-state index contributed by atoms with van der Waals surface area (Å²) in [6.45, 7) is 8.81. The predicted molar refractivity (Wildman–Crippen MR) is 74.6 cm³/mol. The van der Waals surface area contributed by atoms with Crippen LogP contribution in [-0.2, 0) is 0 Å². The van der Waals surface area contributed by atoms with Gasteiger partial charge in [0.05, 0.1) is 12.7 Å². The SMILES string of the molecule is COc1cc(C)cc(C)c1C(=O)CCNC(C)C. The third kappa shape index (κ3) is 3.84. The van der Waals surface area contributed by atoms with E-state index in [0.29, 0.717) is 30.3 Å². The number of ketones is 1. The van der Waals surface area contributed by atoms with Crippen LogP contribution in [0.15, 0.2) is 12.1 Å². The van der Waals surface area contributed by atoms with Gasteiger partial charge in [-0.15, -0.1) is 0 Å². The van der Waals surface area contributed by atoms with Gasteiger partial charge in [0.1, 0.15) is 5.75 Å². The molecule has 0 saturated heterocycles. The summed E-state index contributed by atoms with van der Waals surface area (Å²) >= 11 is 0. The fraction of sp³-hybridized carbons (Fsp3) is 0.533. The number of nitrogens with one attached hydrogen (secondary N) is 1. The van der Waals surface area contributed by atoms with E-state index in [4.69, 9.17) is 4.74 Å². The van der Waals surface area contributed by atoms with E-state index in [0.717, 1.165) is 11.1 Å². The van der Waals surface area contributed by atoms with E-state index in [2.05, 4.69) is 19.2 Å². The third-order valence-electron chi connectivity index (χ3n) is 2.85. The lowest BCUT2D eigenvalue weighted by Crippen LogP contribution is -2.25. The highest BCUT2D eigenvalue weighted by Gasteiger charge is 2.15. The molecule has 1 N–H and O–H groups in total. The molecule has 0 aliphatic rings. The van der Waals surface area contributed by atoms with E-state index in [1.165, 1.54) is 0 Å². The van der Waals surface area contributed by atoms with E-state index in [1.54, 1.807) is 7.11 Å². The van der Waals surface area contributed by atoms with Crippen LogP contribution in [0, 0.1) is 13.8 Å². The van der Waals surface area contributed by atoms with Crippen LogP contribution in [0.2, 0.25) is 0 Å². The van der Waals surface area contributed by atoms with Gasteiger partial charge < -0.3 is 10.1 Å². The molecular formula is C15H23NO2. The molecule has 0 aliphatic carbocycles. The lowest BCUT2D eigenvalue weighted by atomic mass is 9.99. The minimum atomic E-state index is 0.137. The Morgan fingerprint density at radius 3 is 2.56 bits per heavy atom. The highest BCUT2D eigenvalue weighted by atomic mass is 16.5. The Balaban J connectivity index is 2.84. The molecule has 0 aliphatic heterocycles. The zero-order chi connectivity index (χ0) is 13.7. The molecule has 0 spiro atoms. The summed E-state index contributed by atoms with van der Waals surface area (Å²) in [5, 5.41) is 3.25. The van der Waals surface area contributed by atoms with Crippen LogP contribution in [0.3, 0.4) is 0 Å². The molecule has 1 aromatic rings. The Bertz CT molecular complexity index is 425. The topological polar surface area (TPSA) is 38.3 Å². The van der Waals surface area contributed by atoms with Crippen LogP contribution in [0.25, 0.3) is 0 Å². The summed E-state index contributed by atoms with van der Waals surface area (Å²) in [4.78, 5) is 12.2. The van der Waals surface area contributed by atoms with E-state index in [1.807, 2.05) is 26.0 Å². The molecule has 100 valence electrons. The number of benzene rings is 1. The van der Waals surface area contributed by atoms with Crippen LogP contribution in [0.4, 0.5) is 0 Å². The van der Waals surface area contributed by atoms with Crippen LogP contribution in [0.1, 0.15) is 41.8 Å². The summed E-state index contributed by atoms with van der Waals surface area (Å²) < 4.78 is 5.31. The van der Waals surface area contributed by atoms with Crippen molar-refractivity contribution < 1.29 is 9.53 Å². The third-order valence-corrected chi connectivity index (χ3v) is 2.85. The molecule has 3 nitrogen and oxygen atoms in total. The van der Waals surface area contributed by atoms with Gasteiger partial charge in [0.25, 0.3) is 0 Å². The van der Waals surface area contributed by atoms with Gasteiger partial charge in [0.2, 0.25) is 0 Å². The summed E-state index contributed by atoms with van der Waals surface area (Å²) in [7, 11) is 1.61. The average Bonchev–Trinajstić information content (AvgIpc) is 2.26. The molecule has 0 aromatic heterocycles. The first kappa shape index (κ1) is 14.7. The van der Waals surface area contributed by atoms with Gasteiger partial charge in [0, 0.05) is 19.0 Å². The van der Waals surface area contributed by atoms with Crippen molar-refractivity contribution in [2.75, 3.05) is 13.7 Å². The predicted octanol–water partition coefficient (Wildman–Crippen LogP) is 2.88. The maximum atomic E-state index is 12.2. The second kappa shape index (κ2) is 6.55. The summed E-state index contributed by atoms with van der Waals surface area (Å²) in [5.74, 6) is 0.819. The molecule has 0 radical (unpaired) electrons. The van der Waals surface area contributed by atoms with E-state index in [9.17, 15) is 4.79 Å². The van der Waals surface area contributed by atoms with Crippen molar-refractivity contribution in [1.29, 1.82) is 0 Å². The standard InChI is InChI=1S/C15H23NO2/c1-10(2)16-7-6-13(17)15-12(4)8-11(3)9-14(15)18-5/h8-10,16H,6-7H2,1-5H3. The van der Waals surface area contributed by atoms with Crippen LogP contribution in [0.5, 0.6) is 5.75 Å². The Labute approximate surface area is 110 Å². The molecular weight excluding hydrogens is 226 g/mol. The number of methoxy groups -OCH3 is 1. The van der Waals surface area contributed by atoms with E-state index < -0.39 is 0 Å². The highest BCUT2D eigenvalue weighted by Crippen LogP contribution is 2.25. The molecule has 0 heterocycles. The summed E-state index contributed by atoms with van der Waals surface area (Å²) in [5.41, 5.74) is 2.82. The number of hydrogen-bond donors (Lipinski definition) is 1. The Morgan fingerprint density at radius 1 is 1.33 bits per heavy atom. The number of ether oxygens (including phenoxy) is 1. The second-order valence-corrected chi connectivity index (χ2v) is 4.94. The number of carbonyl (C=O) groups excluding carboxylic acids is 1. The van der Waals surface area contributed by atoms with Crippen molar-refractivity contribution in [2.24, 2.45) is 0 Å². The zero-order valence-electron chi connectivity index (χ0n) is 12.0. The van der Waals surface area contributed by atoms with Crippen molar-refractivity contribution in [3.8, 4) is 5.75 Å². The van der Waals surface area contributed by atoms with Crippen molar-refractivity contribution in [3.05, 3.63) is 28.8 Å². The number of rotatable bonds is 6. The fourth-order valence-corrected chi connectivity index (χ4v) is 2.05. The lowest BCUT2D eigenvalue weighted by molar-refractivity contribution is 0.0978. The Hall–Kier alpha value is -1.35. The average molecular weight is 249 g/mol. The number of Topliss-reactive ketones (excluding diaryl/α,β-unsaturated/α-hetero) is 1. The van der Waals surface area contributed by atoms with Gasteiger partial charge in [-0.25, -0.2) is 0 Å². The molecule has 1 rings (SSSR count). The molecule has 0 bridgehead atoms. The largest absolute Gasteiger partial charge is 0.496 e. The normalized spacial score (nSPS) is 10.8. The first-order chi connectivity index (χ1) is 8.45. The van der Waals surface area contributed by atoms with E-state index >= 15 is 0 Å². The second-order valence-electron chi connectivity index (χ2n) is 4.94. The molecule has 3 heteroatoms. The first-order valence-electron chi connectivity index (χ1n) is 6.37. The van der Waals surface area contributed by atoms with Gasteiger partial charge in [0.15, 0.2) is 5.78 Å². The maximum Gasteiger partial charge on any atom is 0.168 e. The van der Waals surface area contributed by atoms with Gasteiger partial charge in [-0.05, 0) is 31.0 Å². The van der Waals surface area contributed by atoms with Crippen LogP contribution in [-0.4, -0.2) is 25.5 Å². The van der Waals surface area contributed by atoms with Gasteiger partial charge in [-0.3, -0.25) is 4.79 Å². The number of hydrogen-bond acceptors (Lipinski definition) is 3. The molecule has 0 amide bonds. The minimum absolute atomic E-state index is 0.137. The highest BCUT2D eigenvalue weighted by molar-refractivity contribution is 6.00. The zero-order valence-corrected chi connectivity index (χ0v) is 12.0. The van der Waals surface area contributed by atoms with Crippen molar-refractivity contribution in [2.45, 2.75) is 40.2 Å². The Kier molecular flexibility index (Phi) is 5.35. The number of aryl methyl sites for hydroxylation is 2. The number of carbonyl (C=O) groups is 1. The van der Waals surface area contributed by atoms with Crippen LogP contribution < -0.4 is 10.1 Å².